The molecule has 2 nitrogen and oxygen atoms in total. The van der Waals surface area contributed by atoms with Gasteiger partial charge in [-0.15, -0.1) is 0 Å². The van der Waals surface area contributed by atoms with Gasteiger partial charge in [0.05, 0.1) is 14.2 Å². The molecule has 0 aromatic heterocycles. The van der Waals surface area contributed by atoms with Crippen LogP contribution in [0.2, 0.25) is 0 Å². The maximum Gasteiger partial charge on any atom is 0.165 e. The van der Waals surface area contributed by atoms with Crippen molar-refractivity contribution in [3.8, 4) is 11.5 Å². The Morgan fingerprint density at radius 3 is 2.50 bits per heavy atom. The molecule has 0 N–H and O–H groups in total. The summed E-state index contributed by atoms with van der Waals surface area (Å²) in [5, 5.41) is 0. The Balaban J connectivity index is 2.09. The average molecular weight is 296 g/mol. The lowest BCUT2D eigenvalue weighted by Crippen LogP contribution is -2.00. The van der Waals surface area contributed by atoms with Crippen LogP contribution in [0.1, 0.15) is 28.2 Å². The first-order valence-corrected chi connectivity index (χ1v) is 7.04. The van der Waals surface area contributed by atoms with Crippen molar-refractivity contribution in [1.29, 1.82) is 0 Å². The zero-order valence-corrected chi connectivity index (χ0v) is 12.6. The number of benzene rings is 2. The average Bonchev–Trinajstić information content (AvgIpc) is 2.97. The van der Waals surface area contributed by atoms with Crippen LogP contribution in [-0.2, 0) is 0 Å². The van der Waals surface area contributed by atoms with Crippen molar-refractivity contribution in [2.24, 2.45) is 0 Å². The number of halogens is 1. The number of ether oxygens (including phenoxy) is 2. The van der Waals surface area contributed by atoms with Gasteiger partial charge in [0.15, 0.2) is 11.6 Å². The molecule has 0 aliphatic heterocycles. The van der Waals surface area contributed by atoms with Crippen molar-refractivity contribution in [2.45, 2.75) is 5.92 Å². The van der Waals surface area contributed by atoms with Gasteiger partial charge in [-0.1, -0.05) is 30.9 Å². The largest absolute Gasteiger partial charge is 0.496 e. The molecule has 0 spiro atoms. The monoisotopic (exact) mass is 296 g/mol. The molecule has 1 aliphatic rings. The summed E-state index contributed by atoms with van der Waals surface area (Å²) in [5.74, 6) is 0.710. The quantitative estimate of drug-likeness (QED) is 0.818. The minimum Gasteiger partial charge on any atom is -0.496 e. The van der Waals surface area contributed by atoms with Gasteiger partial charge in [-0.25, -0.2) is 4.39 Å². The van der Waals surface area contributed by atoms with Crippen LogP contribution in [0.5, 0.6) is 11.5 Å². The molecule has 1 aliphatic carbocycles. The maximum absolute atomic E-state index is 14.0. The van der Waals surface area contributed by atoms with Crippen LogP contribution >= 0.6 is 0 Å². The molecule has 0 saturated carbocycles. The molecule has 2 aromatic rings. The zero-order valence-electron chi connectivity index (χ0n) is 12.6. The molecule has 0 saturated heterocycles. The van der Waals surface area contributed by atoms with Crippen LogP contribution in [0, 0.1) is 5.82 Å². The fourth-order valence-corrected chi connectivity index (χ4v) is 2.86. The molecular weight excluding hydrogens is 279 g/mol. The lowest BCUT2D eigenvalue weighted by Gasteiger charge is -2.15. The zero-order chi connectivity index (χ0) is 15.7. The Kier molecular flexibility index (Phi) is 3.72. The van der Waals surface area contributed by atoms with Gasteiger partial charge < -0.3 is 9.47 Å². The highest BCUT2D eigenvalue weighted by Crippen LogP contribution is 2.41. The molecule has 0 radical (unpaired) electrons. The van der Waals surface area contributed by atoms with Crippen molar-refractivity contribution in [3.05, 3.63) is 71.1 Å². The third kappa shape index (κ3) is 2.29. The maximum atomic E-state index is 14.0. The van der Waals surface area contributed by atoms with E-state index in [2.05, 4.69) is 18.7 Å². The summed E-state index contributed by atoms with van der Waals surface area (Å²) in [6.07, 6.45) is 5.86. The molecule has 0 heterocycles. The third-order valence-electron chi connectivity index (χ3n) is 3.98. The summed E-state index contributed by atoms with van der Waals surface area (Å²) < 4.78 is 24.4. The summed E-state index contributed by atoms with van der Waals surface area (Å²) in [7, 11) is 3.11. The topological polar surface area (TPSA) is 18.5 Å². The van der Waals surface area contributed by atoms with Gasteiger partial charge in [0.25, 0.3) is 0 Å². The van der Waals surface area contributed by atoms with E-state index in [4.69, 9.17) is 9.47 Å². The van der Waals surface area contributed by atoms with Crippen molar-refractivity contribution in [3.63, 3.8) is 0 Å². The van der Waals surface area contributed by atoms with Gasteiger partial charge in [0.1, 0.15) is 5.75 Å². The van der Waals surface area contributed by atoms with E-state index in [1.807, 2.05) is 18.2 Å². The number of hydrogen-bond donors (Lipinski definition) is 0. The summed E-state index contributed by atoms with van der Waals surface area (Å²) in [4.78, 5) is 0. The fourth-order valence-electron chi connectivity index (χ4n) is 2.86. The third-order valence-corrected chi connectivity index (χ3v) is 3.98. The molecule has 112 valence electrons. The molecule has 0 fully saturated rings. The van der Waals surface area contributed by atoms with Gasteiger partial charge >= 0.3 is 0 Å². The molecule has 3 rings (SSSR count). The van der Waals surface area contributed by atoms with Crippen molar-refractivity contribution in [1.82, 2.24) is 0 Å². The van der Waals surface area contributed by atoms with E-state index < -0.39 is 0 Å². The highest BCUT2D eigenvalue weighted by molar-refractivity contribution is 5.73. The Morgan fingerprint density at radius 1 is 1.09 bits per heavy atom. The van der Waals surface area contributed by atoms with Crippen LogP contribution in [0.3, 0.4) is 0 Å². The number of rotatable bonds is 4. The highest BCUT2D eigenvalue weighted by atomic mass is 19.1. The first-order valence-electron chi connectivity index (χ1n) is 7.04. The van der Waals surface area contributed by atoms with E-state index in [0.29, 0.717) is 0 Å². The molecule has 1 atom stereocenters. The highest BCUT2D eigenvalue weighted by Gasteiger charge is 2.23. The Bertz CT molecular complexity index is 762. The first-order chi connectivity index (χ1) is 10.7. The van der Waals surface area contributed by atoms with Crippen molar-refractivity contribution >= 4 is 12.2 Å². The van der Waals surface area contributed by atoms with E-state index in [1.165, 1.54) is 13.2 Å². The van der Waals surface area contributed by atoms with E-state index in [0.717, 1.165) is 28.0 Å². The van der Waals surface area contributed by atoms with Crippen molar-refractivity contribution < 1.29 is 13.9 Å². The summed E-state index contributed by atoms with van der Waals surface area (Å²) in [6.45, 7) is 3.81. The second kappa shape index (κ2) is 5.68. The Labute approximate surface area is 129 Å². The number of allylic oxidation sites excluding steroid dienone is 1. The molecular formula is C19H17FO2. The molecule has 0 bridgehead atoms. The molecule has 2 aromatic carbocycles. The van der Waals surface area contributed by atoms with E-state index in [-0.39, 0.29) is 17.5 Å². The van der Waals surface area contributed by atoms with Gasteiger partial charge in [-0.2, -0.15) is 0 Å². The Morgan fingerprint density at radius 2 is 1.86 bits per heavy atom. The predicted molar refractivity (Wildman–Crippen MR) is 86.9 cm³/mol. The lowest BCUT2D eigenvalue weighted by atomic mass is 9.91. The predicted octanol–water partition coefficient (Wildman–Crippen LogP) is 4.64. The molecule has 3 heteroatoms. The molecule has 1 unspecified atom stereocenters. The van der Waals surface area contributed by atoms with Crippen LogP contribution in [0.4, 0.5) is 4.39 Å². The molecule has 22 heavy (non-hydrogen) atoms. The second-order valence-corrected chi connectivity index (χ2v) is 5.16. The van der Waals surface area contributed by atoms with Crippen LogP contribution < -0.4 is 9.47 Å². The van der Waals surface area contributed by atoms with Gasteiger partial charge in [0.2, 0.25) is 0 Å². The first kappa shape index (κ1) is 14.4. The van der Waals surface area contributed by atoms with Crippen LogP contribution in [-0.4, -0.2) is 14.2 Å². The summed E-state index contributed by atoms with van der Waals surface area (Å²) >= 11 is 0. The van der Waals surface area contributed by atoms with Gasteiger partial charge in [-0.3, -0.25) is 0 Å². The van der Waals surface area contributed by atoms with E-state index in [9.17, 15) is 4.39 Å². The number of hydrogen-bond acceptors (Lipinski definition) is 2. The van der Waals surface area contributed by atoms with E-state index in [1.54, 1.807) is 19.3 Å². The number of fused-ring (bicyclic) bond motifs is 1. The van der Waals surface area contributed by atoms with Crippen LogP contribution in [0.25, 0.3) is 12.2 Å². The summed E-state index contributed by atoms with van der Waals surface area (Å²) in [5.41, 5.74) is 4.00. The minimum atomic E-state index is -0.353. The van der Waals surface area contributed by atoms with E-state index >= 15 is 0 Å². The normalized spacial score (nSPS) is 15.5. The standard InChI is InChI=1S/C19H17FO2/c1-4-12-9-16-14(6-7-15(16)19(10-12)22-3)13-5-8-18(21-2)17(20)11-13/h4-11,14H,1H2,2-3H3. The minimum absolute atomic E-state index is 0.00389. The second-order valence-electron chi connectivity index (χ2n) is 5.16. The van der Waals surface area contributed by atoms with Gasteiger partial charge in [0, 0.05) is 11.5 Å². The lowest BCUT2D eigenvalue weighted by molar-refractivity contribution is 0.386. The smallest absolute Gasteiger partial charge is 0.165 e. The van der Waals surface area contributed by atoms with Crippen LogP contribution in [0.15, 0.2) is 43.0 Å². The number of methoxy groups -OCH3 is 2. The Hall–Kier alpha value is -2.55. The van der Waals surface area contributed by atoms with Crippen molar-refractivity contribution in [2.75, 3.05) is 14.2 Å². The SMILES string of the molecule is C=Cc1cc(OC)c2c(c1)C(c1ccc(OC)c(F)c1)C=C2. The summed E-state index contributed by atoms with van der Waals surface area (Å²) in [6, 6.07) is 9.09. The van der Waals surface area contributed by atoms with Gasteiger partial charge in [-0.05, 0) is 41.0 Å². The fraction of sp³-hybridized carbons (Fsp3) is 0.158. The molecule has 0 amide bonds.